The second-order valence-electron chi connectivity index (χ2n) is 8.03. The fourth-order valence-electron chi connectivity index (χ4n) is 4.44. The molecule has 0 unspecified atom stereocenters. The summed E-state index contributed by atoms with van der Waals surface area (Å²) in [5.41, 5.74) is 2.27. The second kappa shape index (κ2) is 7.94. The molecule has 0 spiro atoms. The molecule has 8 nitrogen and oxygen atoms in total. The van der Waals surface area contributed by atoms with Crippen LogP contribution in [0.3, 0.4) is 0 Å². The Balaban J connectivity index is 1.25. The summed E-state index contributed by atoms with van der Waals surface area (Å²) < 4.78 is 9.57. The zero-order valence-corrected chi connectivity index (χ0v) is 16.5. The molecule has 0 radical (unpaired) electrons. The van der Waals surface area contributed by atoms with E-state index in [0.29, 0.717) is 17.5 Å². The molecular weight excluding hydrogens is 368 g/mol. The minimum absolute atomic E-state index is 0.0533. The van der Waals surface area contributed by atoms with Crippen LogP contribution in [0.25, 0.3) is 11.2 Å². The molecule has 0 aromatic carbocycles. The molecule has 2 aliphatic heterocycles. The molecule has 29 heavy (non-hydrogen) atoms. The molecule has 5 rings (SSSR count). The molecule has 3 aromatic heterocycles. The number of ether oxygens (including phenoxy) is 1. The van der Waals surface area contributed by atoms with Gasteiger partial charge in [-0.2, -0.15) is 5.10 Å². The molecule has 0 atom stereocenters. The Morgan fingerprint density at radius 1 is 1.14 bits per heavy atom. The van der Waals surface area contributed by atoms with Crippen molar-refractivity contribution in [3.05, 3.63) is 42.6 Å². The van der Waals surface area contributed by atoms with Gasteiger partial charge in [0.05, 0.1) is 11.9 Å². The monoisotopic (exact) mass is 394 g/mol. The SMILES string of the molecule is O=C(c1cnc2c(c1)ncn2C1CCOCC1)N1CCC(Cn2cccn2)CC1. The first-order valence-electron chi connectivity index (χ1n) is 10.4. The van der Waals surface area contributed by atoms with Gasteiger partial charge in [-0.05, 0) is 43.7 Å². The van der Waals surface area contributed by atoms with Crippen molar-refractivity contribution in [2.75, 3.05) is 26.3 Å². The summed E-state index contributed by atoms with van der Waals surface area (Å²) in [7, 11) is 0. The third-order valence-corrected chi connectivity index (χ3v) is 6.15. The fraction of sp³-hybridized carbons (Fsp3) is 0.524. The van der Waals surface area contributed by atoms with Gasteiger partial charge in [0.2, 0.25) is 0 Å². The lowest BCUT2D eigenvalue weighted by Gasteiger charge is -2.32. The molecule has 8 heteroatoms. The van der Waals surface area contributed by atoms with Crippen LogP contribution in [0.4, 0.5) is 0 Å². The Morgan fingerprint density at radius 2 is 1.97 bits per heavy atom. The Kier molecular flexibility index (Phi) is 5.01. The van der Waals surface area contributed by atoms with Crippen LogP contribution in [0.2, 0.25) is 0 Å². The Morgan fingerprint density at radius 3 is 2.72 bits per heavy atom. The molecule has 2 aliphatic rings. The summed E-state index contributed by atoms with van der Waals surface area (Å²) in [5.74, 6) is 0.618. The number of aromatic nitrogens is 5. The minimum Gasteiger partial charge on any atom is -0.381 e. The number of fused-ring (bicyclic) bond motifs is 1. The van der Waals surface area contributed by atoms with Crippen molar-refractivity contribution in [1.82, 2.24) is 29.2 Å². The summed E-state index contributed by atoms with van der Waals surface area (Å²) in [6.07, 6.45) is 11.3. The molecule has 152 valence electrons. The highest BCUT2D eigenvalue weighted by Gasteiger charge is 2.25. The highest BCUT2D eigenvalue weighted by Crippen LogP contribution is 2.26. The molecule has 0 bridgehead atoms. The number of amides is 1. The molecule has 2 saturated heterocycles. The van der Waals surface area contributed by atoms with E-state index in [1.165, 1.54) is 0 Å². The normalized spacial score (nSPS) is 19.1. The van der Waals surface area contributed by atoms with Crippen LogP contribution in [0.5, 0.6) is 0 Å². The standard InChI is InChI=1S/C21H26N6O2/c28-21(25-8-2-16(3-9-25)14-26-7-1-6-24-26)17-12-19-20(22-13-17)27(15-23-19)18-4-10-29-11-5-18/h1,6-7,12-13,15-16,18H,2-5,8-11,14H2. The molecular formula is C21H26N6O2. The van der Waals surface area contributed by atoms with Crippen LogP contribution < -0.4 is 0 Å². The molecule has 0 saturated carbocycles. The number of piperidine rings is 1. The van der Waals surface area contributed by atoms with Crippen molar-refractivity contribution in [2.45, 2.75) is 38.3 Å². The van der Waals surface area contributed by atoms with Crippen LogP contribution in [-0.2, 0) is 11.3 Å². The lowest BCUT2D eigenvalue weighted by molar-refractivity contribution is 0.0681. The second-order valence-corrected chi connectivity index (χ2v) is 8.03. The lowest BCUT2D eigenvalue weighted by atomic mass is 9.96. The van der Waals surface area contributed by atoms with E-state index in [-0.39, 0.29) is 5.91 Å². The van der Waals surface area contributed by atoms with Gasteiger partial charge in [-0.1, -0.05) is 0 Å². The Labute approximate surface area is 169 Å². The van der Waals surface area contributed by atoms with Crippen LogP contribution in [0, 0.1) is 5.92 Å². The first-order chi connectivity index (χ1) is 14.3. The van der Waals surface area contributed by atoms with E-state index in [0.717, 1.165) is 69.7 Å². The van der Waals surface area contributed by atoms with Gasteiger partial charge in [0, 0.05) is 57.5 Å². The summed E-state index contributed by atoms with van der Waals surface area (Å²) >= 11 is 0. The number of hydrogen-bond acceptors (Lipinski definition) is 5. The van der Waals surface area contributed by atoms with E-state index in [2.05, 4.69) is 19.6 Å². The van der Waals surface area contributed by atoms with Crippen molar-refractivity contribution >= 4 is 17.1 Å². The van der Waals surface area contributed by atoms with E-state index in [1.807, 2.05) is 40.4 Å². The molecule has 5 heterocycles. The maximum absolute atomic E-state index is 13.0. The third kappa shape index (κ3) is 3.76. The largest absolute Gasteiger partial charge is 0.381 e. The average Bonchev–Trinajstić information content (AvgIpc) is 3.44. The van der Waals surface area contributed by atoms with Crippen molar-refractivity contribution in [3.63, 3.8) is 0 Å². The van der Waals surface area contributed by atoms with E-state index in [9.17, 15) is 4.79 Å². The smallest absolute Gasteiger partial charge is 0.255 e. The fourth-order valence-corrected chi connectivity index (χ4v) is 4.44. The minimum atomic E-state index is 0.0533. The summed E-state index contributed by atoms with van der Waals surface area (Å²) in [5, 5.41) is 4.29. The molecule has 0 N–H and O–H groups in total. The van der Waals surface area contributed by atoms with Crippen molar-refractivity contribution in [3.8, 4) is 0 Å². The van der Waals surface area contributed by atoms with Crippen LogP contribution in [-0.4, -0.2) is 61.4 Å². The van der Waals surface area contributed by atoms with Gasteiger partial charge in [0.15, 0.2) is 5.65 Å². The Hall–Kier alpha value is -2.74. The molecule has 3 aromatic rings. The van der Waals surface area contributed by atoms with E-state index < -0.39 is 0 Å². The van der Waals surface area contributed by atoms with E-state index in [1.54, 1.807) is 6.20 Å². The molecule has 0 aliphatic carbocycles. The van der Waals surface area contributed by atoms with Crippen molar-refractivity contribution in [1.29, 1.82) is 0 Å². The van der Waals surface area contributed by atoms with Gasteiger partial charge in [-0.3, -0.25) is 9.48 Å². The topological polar surface area (TPSA) is 78.1 Å². The predicted molar refractivity (Wildman–Crippen MR) is 107 cm³/mol. The number of carbonyl (C=O) groups is 1. The number of imidazole rings is 1. The lowest BCUT2D eigenvalue weighted by Crippen LogP contribution is -2.39. The highest BCUT2D eigenvalue weighted by atomic mass is 16.5. The zero-order chi connectivity index (χ0) is 19.6. The summed E-state index contributed by atoms with van der Waals surface area (Å²) in [6, 6.07) is 4.21. The number of pyridine rings is 1. The van der Waals surface area contributed by atoms with E-state index >= 15 is 0 Å². The van der Waals surface area contributed by atoms with Gasteiger partial charge >= 0.3 is 0 Å². The number of nitrogens with zero attached hydrogens (tertiary/aromatic N) is 6. The molecule has 1 amide bonds. The molecule has 2 fully saturated rings. The van der Waals surface area contributed by atoms with Crippen LogP contribution in [0.15, 0.2) is 37.1 Å². The van der Waals surface area contributed by atoms with Gasteiger partial charge in [-0.25, -0.2) is 9.97 Å². The predicted octanol–water partition coefficient (Wildman–Crippen LogP) is 2.53. The first kappa shape index (κ1) is 18.3. The summed E-state index contributed by atoms with van der Waals surface area (Å²) in [4.78, 5) is 24.0. The average molecular weight is 394 g/mol. The quantitative estimate of drug-likeness (QED) is 0.680. The number of hydrogen-bond donors (Lipinski definition) is 0. The van der Waals surface area contributed by atoms with Crippen molar-refractivity contribution < 1.29 is 9.53 Å². The van der Waals surface area contributed by atoms with Crippen molar-refractivity contribution in [2.24, 2.45) is 5.92 Å². The zero-order valence-electron chi connectivity index (χ0n) is 16.5. The van der Waals surface area contributed by atoms with Crippen LogP contribution >= 0.6 is 0 Å². The maximum atomic E-state index is 13.0. The first-order valence-corrected chi connectivity index (χ1v) is 10.4. The van der Waals surface area contributed by atoms with Gasteiger partial charge < -0.3 is 14.2 Å². The van der Waals surface area contributed by atoms with Gasteiger partial charge in [-0.15, -0.1) is 0 Å². The number of carbonyl (C=O) groups excluding carboxylic acids is 1. The van der Waals surface area contributed by atoms with E-state index in [4.69, 9.17) is 4.74 Å². The third-order valence-electron chi connectivity index (χ3n) is 6.15. The number of likely N-dealkylation sites (tertiary alicyclic amines) is 1. The van der Waals surface area contributed by atoms with Gasteiger partial charge in [0.1, 0.15) is 5.52 Å². The Bertz CT molecular complexity index is 968. The van der Waals surface area contributed by atoms with Gasteiger partial charge in [0.25, 0.3) is 5.91 Å². The van der Waals surface area contributed by atoms with Crippen LogP contribution in [0.1, 0.15) is 42.1 Å². The summed E-state index contributed by atoms with van der Waals surface area (Å²) in [6.45, 7) is 4.03. The number of rotatable bonds is 4. The maximum Gasteiger partial charge on any atom is 0.255 e. The highest BCUT2D eigenvalue weighted by molar-refractivity contribution is 5.96.